The molecule has 0 heterocycles. The lowest BCUT2D eigenvalue weighted by atomic mass is 10.0. The molecule has 0 radical (unpaired) electrons. The summed E-state index contributed by atoms with van der Waals surface area (Å²) >= 11 is 0. The highest BCUT2D eigenvalue weighted by molar-refractivity contribution is 7.89. The van der Waals surface area contributed by atoms with Gasteiger partial charge in [0.2, 0.25) is 0 Å². The molecule has 0 aliphatic rings. The molecular formula is C19H14F2N2O3S. The number of sulfonamides is 1. The number of halogens is 2. The summed E-state index contributed by atoms with van der Waals surface area (Å²) in [6, 6.07) is 17.2. The minimum atomic E-state index is -4.21. The Hall–Kier alpha value is -3.10. The van der Waals surface area contributed by atoms with Crippen molar-refractivity contribution in [3.05, 3.63) is 90.0 Å². The highest BCUT2D eigenvalue weighted by atomic mass is 32.2. The van der Waals surface area contributed by atoms with Crippen molar-refractivity contribution in [2.24, 2.45) is 0 Å². The number of carbonyl (C=O) groups is 1. The van der Waals surface area contributed by atoms with Gasteiger partial charge >= 0.3 is 0 Å². The Morgan fingerprint density at radius 2 is 1.56 bits per heavy atom. The minimum absolute atomic E-state index is 0.335. The van der Waals surface area contributed by atoms with Crippen molar-refractivity contribution in [2.75, 3.05) is 0 Å². The number of rotatable bonds is 5. The van der Waals surface area contributed by atoms with Gasteiger partial charge in [-0.25, -0.2) is 17.2 Å². The minimum Gasteiger partial charge on any atom is -0.273 e. The van der Waals surface area contributed by atoms with Crippen LogP contribution in [0.3, 0.4) is 0 Å². The molecule has 1 amide bonds. The number of hydrogen-bond donors (Lipinski definition) is 2. The van der Waals surface area contributed by atoms with Gasteiger partial charge in [0.15, 0.2) is 0 Å². The summed E-state index contributed by atoms with van der Waals surface area (Å²) in [6.07, 6.45) is 0. The van der Waals surface area contributed by atoms with Gasteiger partial charge in [-0.1, -0.05) is 42.5 Å². The van der Waals surface area contributed by atoms with Gasteiger partial charge in [0, 0.05) is 0 Å². The second kappa shape index (κ2) is 7.65. The molecule has 3 rings (SSSR count). The van der Waals surface area contributed by atoms with E-state index in [1.807, 2.05) is 16.3 Å². The summed E-state index contributed by atoms with van der Waals surface area (Å²) in [5, 5.41) is 0. The first-order valence-corrected chi connectivity index (χ1v) is 9.28. The summed E-state index contributed by atoms with van der Waals surface area (Å²) in [6.45, 7) is 0. The Labute approximate surface area is 154 Å². The maximum atomic E-state index is 14.0. The third kappa shape index (κ3) is 4.36. The lowest BCUT2D eigenvalue weighted by Gasteiger charge is -2.10. The van der Waals surface area contributed by atoms with Crippen LogP contribution in [0, 0.1) is 11.6 Å². The molecule has 0 saturated heterocycles. The van der Waals surface area contributed by atoms with Crippen molar-refractivity contribution in [1.82, 2.24) is 10.3 Å². The van der Waals surface area contributed by atoms with Crippen molar-refractivity contribution in [3.63, 3.8) is 0 Å². The van der Waals surface area contributed by atoms with Gasteiger partial charge in [-0.15, -0.1) is 4.83 Å². The number of hydrogen-bond acceptors (Lipinski definition) is 3. The standard InChI is InChI=1S/C19H14F2N2O3S/c20-15-7-4-8-16(12-15)27(25,26)23-22-19(24)17-11-14(9-10-18(17)21)13-5-2-1-3-6-13/h1-12,23H,(H,22,24). The van der Waals surface area contributed by atoms with Crippen LogP contribution in [0.4, 0.5) is 8.78 Å². The van der Waals surface area contributed by atoms with E-state index in [0.717, 1.165) is 29.8 Å². The number of carbonyl (C=O) groups excluding carboxylic acids is 1. The zero-order valence-corrected chi connectivity index (χ0v) is 14.6. The topological polar surface area (TPSA) is 75.3 Å². The van der Waals surface area contributed by atoms with Gasteiger partial charge in [0.05, 0.1) is 10.5 Å². The van der Waals surface area contributed by atoms with E-state index in [9.17, 15) is 22.0 Å². The Morgan fingerprint density at radius 1 is 0.815 bits per heavy atom. The van der Waals surface area contributed by atoms with Crippen LogP contribution in [0.15, 0.2) is 77.7 Å². The molecule has 0 aliphatic heterocycles. The monoisotopic (exact) mass is 388 g/mol. The van der Waals surface area contributed by atoms with Gasteiger partial charge in [-0.3, -0.25) is 10.2 Å². The first kappa shape index (κ1) is 18.7. The molecule has 27 heavy (non-hydrogen) atoms. The number of amides is 1. The first-order chi connectivity index (χ1) is 12.9. The average molecular weight is 388 g/mol. The summed E-state index contributed by atoms with van der Waals surface area (Å²) in [7, 11) is -4.21. The molecule has 0 saturated carbocycles. The Morgan fingerprint density at radius 3 is 2.26 bits per heavy atom. The SMILES string of the molecule is O=C(NNS(=O)(=O)c1cccc(F)c1)c1cc(-c2ccccc2)ccc1F. The maximum Gasteiger partial charge on any atom is 0.269 e. The van der Waals surface area contributed by atoms with E-state index in [-0.39, 0.29) is 10.5 Å². The lowest BCUT2D eigenvalue weighted by Crippen LogP contribution is -2.41. The van der Waals surface area contributed by atoms with Crippen LogP contribution in [0.5, 0.6) is 0 Å². The van der Waals surface area contributed by atoms with Crippen molar-refractivity contribution >= 4 is 15.9 Å². The fourth-order valence-corrected chi connectivity index (χ4v) is 3.25. The fraction of sp³-hybridized carbons (Fsp3) is 0. The Bertz CT molecular complexity index is 1090. The van der Waals surface area contributed by atoms with E-state index in [4.69, 9.17) is 0 Å². The van der Waals surface area contributed by atoms with Gasteiger partial charge in [-0.05, 0) is 41.5 Å². The van der Waals surface area contributed by atoms with E-state index < -0.39 is 27.6 Å². The second-order valence-electron chi connectivity index (χ2n) is 5.58. The summed E-state index contributed by atoms with van der Waals surface area (Å²) < 4.78 is 51.4. The largest absolute Gasteiger partial charge is 0.273 e. The van der Waals surface area contributed by atoms with Crippen molar-refractivity contribution in [3.8, 4) is 11.1 Å². The van der Waals surface area contributed by atoms with Crippen LogP contribution in [0.2, 0.25) is 0 Å². The van der Waals surface area contributed by atoms with Crippen LogP contribution >= 0.6 is 0 Å². The molecule has 0 spiro atoms. The van der Waals surface area contributed by atoms with Gasteiger partial charge in [0.25, 0.3) is 15.9 Å². The van der Waals surface area contributed by atoms with Gasteiger partial charge in [0.1, 0.15) is 11.6 Å². The van der Waals surface area contributed by atoms with Crippen molar-refractivity contribution < 1.29 is 22.0 Å². The van der Waals surface area contributed by atoms with Gasteiger partial charge in [-0.2, -0.15) is 0 Å². The molecule has 0 aliphatic carbocycles. The normalized spacial score (nSPS) is 11.2. The van der Waals surface area contributed by atoms with Crippen LogP contribution in [0.1, 0.15) is 10.4 Å². The van der Waals surface area contributed by atoms with E-state index in [1.54, 1.807) is 24.3 Å². The first-order valence-electron chi connectivity index (χ1n) is 7.79. The van der Waals surface area contributed by atoms with E-state index in [2.05, 4.69) is 0 Å². The van der Waals surface area contributed by atoms with Crippen LogP contribution in [-0.2, 0) is 10.0 Å². The van der Waals surface area contributed by atoms with E-state index in [1.165, 1.54) is 18.2 Å². The summed E-state index contributed by atoms with van der Waals surface area (Å²) in [4.78, 5) is 13.7. The average Bonchev–Trinajstić information content (AvgIpc) is 2.67. The fourth-order valence-electron chi connectivity index (χ4n) is 2.38. The maximum absolute atomic E-state index is 14.0. The molecular weight excluding hydrogens is 374 g/mol. The molecule has 138 valence electrons. The third-order valence-electron chi connectivity index (χ3n) is 3.72. The lowest BCUT2D eigenvalue weighted by molar-refractivity contribution is 0.0941. The van der Waals surface area contributed by atoms with Crippen molar-refractivity contribution in [2.45, 2.75) is 4.90 Å². The predicted molar refractivity (Wildman–Crippen MR) is 96.0 cm³/mol. The zero-order valence-electron chi connectivity index (χ0n) is 13.8. The second-order valence-corrected chi connectivity index (χ2v) is 7.26. The molecule has 2 N–H and O–H groups in total. The molecule has 8 heteroatoms. The number of hydrazine groups is 1. The van der Waals surface area contributed by atoms with Gasteiger partial charge < -0.3 is 0 Å². The molecule has 0 bridgehead atoms. The smallest absolute Gasteiger partial charge is 0.269 e. The summed E-state index contributed by atoms with van der Waals surface area (Å²) in [5.41, 5.74) is 2.97. The molecule has 0 fully saturated rings. The van der Waals surface area contributed by atoms with E-state index >= 15 is 0 Å². The molecule has 3 aromatic rings. The zero-order chi connectivity index (χ0) is 19.4. The molecule has 3 aromatic carbocycles. The molecule has 5 nitrogen and oxygen atoms in total. The molecule has 0 atom stereocenters. The molecule has 0 aromatic heterocycles. The molecule has 0 unspecified atom stereocenters. The quantitative estimate of drug-likeness (QED) is 0.659. The Balaban J connectivity index is 1.80. The van der Waals surface area contributed by atoms with Crippen molar-refractivity contribution in [1.29, 1.82) is 0 Å². The van der Waals surface area contributed by atoms with E-state index in [0.29, 0.717) is 5.56 Å². The Kier molecular flexibility index (Phi) is 5.29. The third-order valence-corrected chi connectivity index (χ3v) is 4.97. The highest BCUT2D eigenvalue weighted by Gasteiger charge is 2.18. The highest BCUT2D eigenvalue weighted by Crippen LogP contribution is 2.22. The summed E-state index contributed by atoms with van der Waals surface area (Å²) in [5.74, 6) is -2.53. The van der Waals surface area contributed by atoms with Crippen LogP contribution in [0.25, 0.3) is 11.1 Å². The number of benzene rings is 3. The van der Waals surface area contributed by atoms with Crippen LogP contribution < -0.4 is 10.3 Å². The predicted octanol–water partition coefficient (Wildman–Crippen LogP) is 3.26. The van der Waals surface area contributed by atoms with Crippen LogP contribution in [-0.4, -0.2) is 14.3 Å². The number of nitrogens with one attached hydrogen (secondary N) is 2.